The molecule has 0 spiro atoms. The molecule has 2 heterocycles. The number of fused-ring (bicyclic) bond motifs is 1. The molecule has 0 aliphatic carbocycles. The van der Waals surface area contributed by atoms with Crippen LogP contribution in [0.25, 0.3) is 0 Å². The summed E-state index contributed by atoms with van der Waals surface area (Å²) in [6.45, 7) is 7.70. The summed E-state index contributed by atoms with van der Waals surface area (Å²) in [7, 11) is 0. The van der Waals surface area contributed by atoms with Gasteiger partial charge in [0.2, 0.25) is 0 Å². The van der Waals surface area contributed by atoms with Gasteiger partial charge in [0.1, 0.15) is 5.60 Å². The first-order valence-corrected chi connectivity index (χ1v) is 6.61. The summed E-state index contributed by atoms with van der Waals surface area (Å²) in [4.78, 5) is 13.7. The highest BCUT2D eigenvalue weighted by molar-refractivity contribution is 5.68. The predicted octanol–water partition coefficient (Wildman–Crippen LogP) is 1.25. The average molecular weight is 257 g/mol. The van der Waals surface area contributed by atoms with Crippen LogP contribution in [-0.2, 0) is 9.47 Å². The van der Waals surface area contributed by atoms with Crippen LogP contribution < -0.4 is 0 Å². The largest absolute Gasteiger partial charge is 0.444 e. The van der Waals surface area contributed by atoms with E-state index in [4.69, 9.17) is 9.47 Å². The number of hydrogen-bond acceptors (Lipinski definition) is 4. The highest BCUT2D eigenvalue weighted by Gasteiger charge is 2.42. The van der Waals surface area contributed by atoms with Gasteiger partial charge in [-0.3, -0.25) is 0 Å². The second-order valence-corrected chi connectivity index (χ2v) is 6.19. The van der Waals surface area contributed by atoms with Crippen molar-refractivity contribution in [1.29, 1.82) is 0 Å². The Morgan fingerprint density at radius 2 is 2.22 bits per heavy atom. The third kappa shape index (κ3) is 2.95. The van der Waals surface area contributed by atoms with Crippen LogP contribution in [0, 0.1) is 11.8 Å². The Kier molecular flexibility index (Phi) is 3.82. The normalized spacial score (nSPS) is 32.2. The van der Waals surface area contributed by atoms with Crippen molar-refractivity contribution >= 4 is 6.09 Å². The number of nitrogens with zero attached hydrogens (tertiary/aromatic N) is 1. The van der Waals surface area contributed by atoms with Crippen molar-refractivity contribution in [3.63, 3.8) is 0 Å². The van der Waals surface area contributed by atoms with Crippen molar-refractivity contribution in [3.8, 4) is 0 Å². The van der Waals surface area contributed by atoms with Crippen LogP contribution >= 0.6 is 0 Å². The fraction of sp³-hybridized carbons (Fsp3) is 0.923. The van der Waals surface area contributed by atoms with Gasteiger partial charge in [-0.25, -0.2) is 4.79 Å². The van der Waals surface area contributed by atoms with Gasteiger partial charge < -0.3 is 19.5 Å². The van der Waals surface area contributed by atoms with E-state index in [-0.39, 0.29) is 18.8 Å². The third-order valence-corrected chi connectivity index (χ3v) is 3.63. The highest BCUT2D eigenvalue weighted by atomic mass is 16.6. The Balaban J connectivity index is 1.90. The summed E-state index contributed by atoms with van der Waals surface area (Å²) in [5.74, 6) is 0.720. The lowest BCUT2D eigenvalue weighted by Gasteiger charge is -2.36. The third-order valence-electron chi connectivity index (χ3n) is 3.63. The molecule has 0 aromatic rings. The van der Waals surface area contributed by atoms with Gasteiger partial charge >= 0.3 is 6.09 Å². The Labute approximate surface area is 108 Å². The fourth-order valence-corrected chi connectivity index (χ4v) is 2.77. The predicted molar refractivity (Wildman–Crippen MR) is 66.2 cm³/mol. The fourth-order valence-electron chi connectivity index (χ4n) is 2.77. The van der Waals surface area contributed by atoms with Crippen LogP contribution in [-0.4, -0.2) is 54.1 Å². The van der Waals surface area contributed by atoms with Crippen LogP contribution in [0.5, 0.6) is 0 Å². The van der Waals surface area contributed by atoms with Crippen LogP contribution in [0.4, 0.5) is 4.79 Å². The zero-order valence-corrected chi connectivity index (χ0v) is 11.4. The van der Waals surface area contributed by atoms with E-state index in [1.807, 2.05) is 20.8 Å². The molecule has 5 heteroatoms. The van der Waals surface area contributed by atoms with Crippen molar-refractivity contribution in [2.45, 2.75) is 38.9 Å². The number of ether oxygens (including phenoxy) is 2. The molecule has 0 aromatic heterocycles. The summed E-state index contributed by atoms with van der Waals surface area (Å²) in [5.41, 5.74) is -0.451. The zero-order chi connectivity index (χ0) is 13.3. The Hall–Kier alpha value is -0.810. The molecule has 0 saturated carbocycles. The minimum absolute atomic E-state index is 0.0456. The summed E-state index contributed by atoms with van der Waals surface area (Å²) in [5, 5.41) is 9.20. The summed E-state index contributed by atoms with van der Waals surface area (Å²) in [6.07, 6.45) is 0.596. The first kappa shape index (κ1) is 13.6. The van der Waals surface area contributed by atoms with Gasteiger partial charge in [0.15, 0.2) is 0 Å². The van der Waals surface area contributed by atoms with Crippen LogP contribution in [0.15, 0.2) is 0 Å². The number of amides is 1. The second kappa shape index (κ2) is 5.05. The molecule has 104 valence electrons. The summed E-state index contributed by atoms with van der Waals surface area (Å²) in [6, 6.07) is 0. The molecule has 2 saturated heterocycles. The van der Waals surface area contributed by atoms with E-state index in [0.717, 1.165) is 6.42 Å². The van der Waals surface area contributed by atoms with Gasteiger partial charge in [-0.15, -0.1) is 0 Å². The number of aliphatic hydroxyl groups excluding tert-OH is 1. The number of carbonyl (C=O) groups excluding carboxylic acids is 1. The SMILES string of the molecule is CC(C)(C)OC(=O)N1CCC2C(COC2CO)C1. The molecule has 0 radical (unpaired) electrons. The molecule has 2 aliphatic heterocycles. The first-order chi connectivity index (χ1) is 8.40. The van der Waals surface area contributed by atoms with Crippen molar-refractivity contribution in [1.82, 2.24) is 4.90 Å². The van der Waals surface area contributed by atoms with E-state index in [1.165, 1.54) is 0 Å². The highest BCUT2D eigenvalue weighted by Crippen LogP contribution is 2.34. The topological polar surface area (TPSA) is 59.0 Å². The quantitative estimate of drug-likeness (QED) is 0.768. The number of piperidine rings is 1. The molecule has 2 aliphatic rings. The number of likely N-dealkylation sites (tertiary alicyclic amines) is 1. The summed E-state index contributed by atoms with van der Waals surface area (Å²) < 4.78 is 10.9. The van der Waals surface area contributed by atoms with E-state index in [9.17, 15) is 9.90 Å². The van der Waals surface area contributed by atoms with Crippen molar-refractivity contribution in [2.24, 2.45) is 11.8 Å². The van der Waals surface area contributed by atoms with Gasteiger partial charge in [-0.05, 0) is 33.1 Å². The lowest BCUT2D eigenvalue weighted by Crippen LogP contribution is -2.46. The molecule has 18 heavy (non-hydrogen) atoms. The molecule has 0 bridgehead atoms. The lowest BCUT2D eigenvalue weighted by molar-refractivity contribution is 0.00980. The number of rotatable bonds is 1. The van der Waals surface area contributed by atoms with Crippen LogP contribution in [0.2, 0.25) is 0 Å². The van der Waals surface area contributed by atoms with E-state index in [2.05, 4.69) is 0 Å². The standard InChI is InChI=1S/C13H23NO4/c1-13(2,3)18-12(16)14-5-4-10-9(6-14)8-17-11(10)7-15/h9-11,15H,4-8H2,1-3H3. The van der Waals surface area contributed by atoms with E-state index >= 15 is 0 Å². The monoisotopic (exact) mass is 257 g/mol. The first-order valence-electron chi connectivity index (χ1n) is 6.61. The van der Waals surface area contributed by atoms with Gasteiger partial charge in [-0.2, -0.15) is 0 Å². The van der Waals surface area contributed by atoms with E-state index in [0.29, 0.717) is 31.5 Å². The number of aliphatic hydroxyl groups is 1. The maximum absolute atomic E-state index is 12.0. The summed E-state index contributed by atoms with van der Waals surface area (Å²) >= 11 is 0. The van der Waals surface area contributed by atoms with Crippen molar-refractivity contribution < 1.29 is 19.4 Å². The molecule has 2 fully saturated rings. The Bertz CT molecular complexity index is 313. The average Bonchev–Trinajstić information content (AvgIpc) is 2.68. The van der Waals surface area contributed by atoms with Crippen molar-refractivity contribution in [2.75, 3.05) is 26.3 Å². The number of carbonyl (C=O) groups is 1. The molecule has 1 amide bonds. The van der Waals surface area contributed by atoms with E-state index in [1.54, 1.807) is 4.90 Å². The van der Waals surface area contributed by atoms with Crippen LogP contribution in [0.3, 0.4) is 0 Å². The van der Waals surface area contributed by atoms with Crippen molar-refractivity contribution in [3.05, 3.63) is 0 Å². The maximum Gasteiger partial charge on any atom is 0.410 e. The molecule has 3 unspecified atom stereocenters. The molecule has 3 atom stereocenters. The minimum atomic E-state index is -0.451. The second-order valence-electron chi connectivity index (χ2n) is 6.19. The molecule has 2 rings (SSSR count). The smallest absolute Gasteiger partial charge is 0.410 e. The molecular formula is C13H23NO4. The molecular weight excluding hydrogens is 234 g/mol. The molecule has 5 nitrogen and oxygen atoms in total. The van der Waals surface area contributed by atoms with Gasteiger partial charge in [0, 0.05) is 19.0 Å². The maximum atomic E-state index is 12.0. The van der Waals surface area contributed by atoms with E-state index < -0.39 is 5.60 Å². The lowest BCUT2D eigenvalue weighted by atomic mass is 9.85. The molecule has 0 aromatic carbocycles. The van der Waals surface area contributed by atoms with Crippen LogP contribution in [0.1, 0.15) is 27.2 Å². The van der Waals surface area contributed by atoms with Gasteiger partial charge in [0.25, 0.3) is 0 Å². The Morgan fingerprint density at radius 3 is 2.83 bits per heavy atom. The number of hydrogen-bond donors (Lipinski definition) is 1. The Morgan fingerprint density at radius 1 is 1.50 bits per heavy atom. The molecule has 1 N–H and O–H groups in total. The zero-order valence-electron chi connectivity index (χ0n) is 11.4. The van der Waals surface area contributed by atoms with Gasteiger partial charge in [-0.1, -0.05) is 0 Å². The van der Waals surface area contributed by atoms with Gasteiger partial charge in [0.05, 0.1) is 19.3 Å². The minimum Gasteiger partial charge on any atom is -0.444 e.